The average molecular weight is 469 g/mol. The summed E-state index contributed by atoms with van der Waals surface area (Å²) in [6.07, 6.45) is 0. The molecule has 32 heavy (non-hydrogen) atoms. The third kappa shape index (κ3) is 2.76. The molecular weight excluding hydrogens is 445 g/mol. The van der Waals surface area contributed by atoms with E-state index in [9.17, 15) is 0 Å². The summed E-state index contributed by atoms with van der Waals surface area (Å²) >= 11 is -3.30. The molecule has 0 fully saturated rings. The molecule has 0 saturated heterocycles. The number of hydrogen-bond acceptors (Lipinski definition) is 0. The molecule has 6 rings (SSSR count). The van der Waals surface area contributed by atoms with E-state index in [0.717, 1.165) is 0 Å². The topological polar surface area (TPSA) is 0 Å². The summed E-state index contributed by atoms with van der Waals surface area (Å²) < 4.78 is 6.00. The zero-order chi connectivity index (χ0) is 21.5. The van der Waals surface area contributed by atoms with Crippen molar-refractivity contribution in [2.45, 2.75) is 6.92 Å². The molecule has 0 N–H and O–H groups in total. The van der Waals surface area contributed by atoms with Crippen LogP contribution in [-0.4, -0.2) is 13.3 Å². The Morgan fingerprint density at radius 3 is 1.44 bits per heavy atom. The summed E-state index contributed by atoms with van der Waals surface area (Å²) in [5.41, 5.74) is 6.76. The summed E-state index contributed by atoms with van der Waals surface area (Å²) in [5, 5.41) is 0. The Bertz CT molecular complexity index is 1370. The Balaban J connectivity index is 1.89. The summed E-state index contributed by atoms with van der Waals surface area (Å²) in [4.78, 5) is 0. The van der Waals surface area contributed by atoms with Gasteiger partial charge < -0.3 is 0 Å². The Morgan fingerprint density at radius 1 is 0.406 bits per heavy atom. The Labute approximate surface area is 192 Å². The van der Waals surface area contributed by atoms with Crippen LogP contribution in [0.15, 0.2) is 127 Å². The van der Waals surface area contributed by atoms with Gasteiger partial charge in [-0.05, 0) is 0 Å². The van der Waals surface area contributed by atoms with Crippen LogP contribution in [0.2, 0.25) is 0 Å². The van der Waals surface area contributed by atoms with E-state index in [-0.39, 0.29) is 0 Å². The summed E-state index contributed by atoms with van der Waals surface area (Å²) in [7, 11) is 0. The third-order valence-electron chi connectivity index (χ3n) is 6.83. The van der Waals surface area contributed by atoms with Gasteiger partial charge in [0.15, 0.2) is 0 Å². The van der Waals surface area contributed by atoms with E-state index in [0.29, 0.717) is 0 Å². The van der Waals surface area contributed by atoms with Gasteiger partial charge in [-0.15, -0.1) is 0 Å². The first-order chi connectivity index (χ1) is 15.8. The van der Waals surface area contributed by atoms with Gasteiger partial charge >= 0.3 is 193 Å². The van der Waals surface area contributed by atoms with Crippen LogP contribution in [-0.2, 0) is 0 Å². The molecule has 0 radical (unpaired) electrons. The Kier molecular flexibility index (Phi) is 4.62. The van der Waals surface area contributed by atoms with Gasteiger partial charge in [0.05, 0.1) is 0 Å². The van der Waals surface area contributed by atoms with Crippen LogP contribution in [0.25, 0.3) is 22.3 Å². The van der Waals surface area contributed by atoms with Gasteiger partial charge in [-0.1, -0.05) is 0 Å². The molecule has 1 heterocycles. The molecule has 0 aliphatic carbocycles. The van der Waals surface area contributed by atoms with Gasteiger partial charge in [-0.3, -0.25) is 0 Å². The fourth-order valence-electron chi connectivity index (χ4n) is 5.54. The van der Waals surface area contributed by atoms with Crippen LogP contribution in [0.1, 0.15) is 5.56 Å². The maximum absolute atomic E-state index is 3.30. The van der Waals surface area contributed by atoms with Crippen LogP contribution < -0.4 is 17.6 Å². The maximum atomic E-state index is 2.44. The van der Waals surface area contributed by atoms with Gasteiger partial charge in [0, 0.05) is 0 Å². The van der Waals surface area contributed by atoms with Crippen LogP contribution in [0.4, 0.5) is 0 Å². The molecule has 0 nitrogen and oxygen atoms in total. The summed E-state index contributed by atoms with van der Waals surface area (Å²) in [6.45, 7) is 2.22. The van der Waals surface area contributed by atoms with Crippen molar-refractivity contribution >= 4 is 30.8 Å². The van der Waals surface area contributed by atoms with E-state index in [1.54, 1.807) is 0 Å². The zero-order valence-electron chi connectivity index (χ0n) is 18.1. The van der Waals surface area contributed by atoms with E-state index in [1.807, 2.05) is 0 Å². The number of benzene rings is 5. The number of hydrogen-bond donors (Lipinski definition) is 0. The fourth-order valence-corrected chi connectivity index (χ4v) is 16.6. The van der Waals surface area contributed by atoms with Crippen LogP contribution in [0.5, 0.6) is 0 Å². The molecule has 5 aromatic carbocycles. The van der Waals surface area contributed by atoms with Gasteiger partial charge in [-0.2, -0.15) is 0 Å². The fraction of sp³-hybridized carbons (Fsp3) is 0.0323. The number of aryl methyl sites for hydroxylation is 1. The standard InChI is InChI=1S/C31H24Ge/c1-23-12-11-15-25(22-23)32(24-13-3-2-4-14-24)30-20-9-7-18-28(30)26-16-5-6-17-27(26)29-19-8-10-21-31(29)32/h2-22H,1H3. The number of fused-ring (bicyclic) bond motifs is 5. The number of rotatable bonds is 2. The molecule has 1 aliphatic rings. The molecule has 5 aromatic rings. The Hall–Kier alpha value is -3.36. The molecule has 0 atom stereocenters. The van der Waals surface area contributed by atoms with Crippen molar-refractivity contribution in [3.63, 3.8) is 0 Å². The van der Waals surface area contributed by atoms with Gasteiger partial charge in [-0.25, -0.2) is 0 Å². The molecule has 0 unspecified atom stereocenters. The average Bonchev–Trinajstić information content (AvgIpc) is 2.97. The van der Waals surface area contributed by atoms with Crippen molar-refractivity contribution < 1.29 is 0 Å². The first-order valence-corrected chi connectivity index (χ1v) is 15.4. The van der Waals surface area contributed by atoms with E-state index in [4.69, 9.17) is 0 Å². The Morgan fingerprint density at radius 2 is 0.875 bits per heavy atom. The van der Waals surface area contributed by atoms with Crippen molar-refractivity contribution in [1.82, 2.24) is 0 Å². The van der Waals surface area contributed by atoms with Crippen molar-refractivity contribution in [3.05, 3.63) is 133 Å². The minimum atomic E-state index is -3.30. The molecule has 0 saturated carbocycles. The molecule has 0 amide bonds. The SMILES string of the molecule is Cc1ccc[c]([Ge]2([c]3ccccc3)[c]3ccccc3-c3ccccc3-c3cccc[c]32)c1. The molecule has 0 aromatic heterocycles. The van der Waals surface area contributed by atoms with E-state index < -0.39 is 13.3 Å². The predicted molar refractivity (Wildman–Crippen MR) is 139 cm³/mol. The summed E-state index contributed by atoms with van der Waals surface area (Å²) in [5.74, 6) is 0. The molecule has 152 valence electrons. The van der Waals surface area contributed by atoms with Gasteiger partial charge in [0.1, 0.15) is 0 Å². The second-order valence-corrected chi connectivity index (χ2v) is 16.5. The van der Waals surface area contributed by atoms with E-state index in [2.05, 4.69) is 134 Å². The first-order valence-electron chi connectivity index (χ1n) is 11.2. The monoisotopic (exact) mass is 470 g/mol. The van der Waals surface area contributed by atoms with Gasteiger partial charge in [0.25, 0.3) is 0 Å². The summed E-state index contributed by atoms with van der Waals surface area (Å²) in [6, 6.07) is 47.8. The van der Waals surface area contributed by atoms with E-state index >= 15 is 0 Å². The van der Waals surface area contributed by atoms with Crippen LogP contribution >= 0.6 is 0 Å². The third-order valence-corrected chi connectivity index (χ3v) is 17.0. The minimum absolute atomic E-state index is 1.32. The van der Waals surface area contributed by atoms with Crippen molar-refractivity contribution in [2.24, 2.45) is 0 Å². The van der Waals surface area contributed by atoms with Crippen molar-refractivity contribution in [2.75, 3.05) is 0 Å². The normalized spacial score (nSPS) is 13.4. The first kappa shape index (κ1) is 19.3. The molecule has 0 bridgehead atoms. The second kappa shape index (κ2) is 7.65. The van der Waals surface area contributed by atoms with Gasteiger partial charge in [0.2, 0.25) is 0 Å². The van der Waals surface area contributed by atoms with Crippen molar-refractivity contribution in [3.8, 4) is 22.3 Å². The molecule has 1 heteroatoms. The quantitative estimate of drug-likeness (QED) is 0.313. The van der Waals surface area contributed by atoms with Crippen LogP contribution in [0, 0.1) is 6.92 Å². The molecule has 1 aliphatic heterocycles. The van der Waals surface area contributed by atoms with E-state index in [1.165, 1.54) is 45.4 Å². The zero-order valence-corrected chi connectivity index (χ0v) is 20.2. The second-order valence-electron chi connectivity index (χ2n) is 8.62. The van der Waals surface area contributed by atoms with Crippen molar-refractivity contribution in [1.29, 1.82) is 0 Å². The molecular formula is C31H24Ge. The predicted octanol–water partition coefficient (Wildman–Crippen LogP) is 5.02. The molecule has 0 spiro atoms. The van der Waals surface area contributed by atoms with Crippen LogP contribution in [0.3, 0.4) is 0 Å².